The van der Waals surface area contributed by atoms with Crippen LogP contribution in [0, 0.1) is 24.5 Å². The van der Waals surface area contributed by atoms with E-state index in [1.165, 1.54) is 10.6 Å². The predicted octanol–water partition coefficient (Wildman–Crippen LogP) is 3.58. The summed E-state index contributed by atoms with van der Waals surface area (Å²) < 4.78 is 29.2. The monoisotopic (exact) mass is 476 g/mol. The summed E-state index contributed by atoms with van der Waals surface area (Å²) in [6.45, 7) is 0. The Kier molecular flexibility index (Phi) is 6.71. The normalized spacial score (nSPS) is 14.5. The summed E-state index contributed by atoms with van der Waals surface area (Å²) in [6, 6.07) is 9.87. The summed E-state index contributed by atoms with van der Waals surface area (Å²) in [4.78, 5) is 27.3. The number of rotatable bonds is 1. The lowest BCUT2D eigenvalue weighted by Gasteiger charge is -2.21. The predicted molar refractivity (Wildman–Crippen MR) is 128 cm³/mol. The van der Waals surface area contributed by atoms with E-state index in [4.69, 9.17) is 0 Å². The molecule has 2 aromatic carbocycles. The average Bonchev–Trinajstić information content (AvgIpc) is 3.41. The van der Waals surface area contributed by atoms with Crippen LogP contribution in [0.1, 0.15) is 30.1 Å². The fourth-order valence-electron chi connectivity index (χ4n) is 4.08. The number of hydrogen-bond acceptors (Lipinski definition) is 5. The number of aliphatic hydroxyl groups is 1. The van der Waals surface area contributed by atoms with Crippen molar-refractivity contribution in [3.63, 3.8) is 0 Å². The van der Waals surface area contributed by atoms with Crippen LogP contribution >= 0.6 is 0 Å². The summed E-state index contributed by atoms with van der Waals surface area (Å²) in [7, 11) is 1.68. The number of aryl methyl sites for hydroxylation is 2. The molecule has 0 spiro atoms. The number of aromatic nitrogens is 6. The van der Waals surface area contributed by atoms with Crippen LogP contribution in [0.4, 0.5) is 8.78 Å². The molecule has 5 aromatic rings. The number of H-pyrrole nitrogens is 1. The lowest BCUT2D eigenvalue weighted by Crippen LogP contribution is -2.11. The van der Waals surface area contributed by atoms with Gasteiger partial charge in [-0.05, 0) is 43.0 Å². The van der Waals surface area contributed by atoms with E-state index in [1.807, 2.05) is 24.3 Å². The van der Waals surface area contributed by atoms with Gasteiger partial charge in [0.05, 0.1) is 23.3 Å². The second kappa shape index (κ2) is 9.87. The van der Waals surface area contributed by atoms with Gasteiger partial charge in [-0.25, -0.2) is 23.5 Å². The molecule has 8 nitrogen and oxygen atoms in total. The van der Waals surface area contributed by atoms with Gasteiger partial charge in [0.2, 0.25) is 5.95 Å². The largest absolute Gasteiger partial charge is 0.388 e. The molecule has 0 radical (unpaired) electrons. The van der Waals surface area contributed by atoms with Gasteiger partial charge < -0.3 is 5.11 Å². The van der Waals surface area contributed by atoms with E-state index < -0.39 is 17.7 Å². The van der Waals surface area contributed by atoms with Crippen LogP contribution in [0.15, 0.2) is 53.7 Å². The van der Waals surface area contributed by atoms with Gasteiger partial charge in [-0.3, -0.25) is 14.1 Å². The van der Waals surface area contributed by atoms with Crippen molar-refractivity contribution in [1.82, 2.24) is 29.1 Å². The number of para-hydroxylation sites is 2. The van der Waals surface area contributed by atoms with E-state index in [9.17, 15) is 18.7 Å². The Morgan fingerprint density at radius 2 is 1.91 bits per heavy atom. The van der Waals surface area contributed by atoms with Gasteiger partial charge in [0.25, 0.3) is 0 Å². The second-order valence-electron chi connectivity index (χ2n) is 7.86. The minimum Gasteiger partial charge on any atom is -0.388 e. The molecule has 6 rings (SSSR count). The summed E-state index contributed by atoms with van der Waals surface area (Å²) in [5, 5.41) is 9.47. The SMILES string of the molecule is C#C.Cn1c(=O)[nH]c2nc(-n3cnc4ccccc43)ncc21.O[C@@H]1CCCc2cc(F)cc(F)c21. The fraction of sp³-hybridized carbons (Fsp3) is 0.200. The van der Waals surface area contributed by atoms with E-state index in [2.05, 4.69) is 32.8 Å². The second-order valence-corrected chi connectivity index (χ2v) is 7.86. The minimum atomic E-state index is -0.760. The zero-order chi connectivity index (χ0) is 25.1. The third-order valence-electron chi connectivity index (χ3n) is 5.75. The van der Waals surface area contributed by atoms with Crippen LogP contribution in [0.25, 0.3) is 28.1 Å². The highest BCUT2D eigenvalue weighted by Gasteiger charge is 2.22. The molecular weight excluding hydrogens is 454 g/mol. The molecule has 1 aliphatic rings. The molecule has 0 unspecified atom stereocenters. The molecule has 0 saturated carbocycles. The maximum atomic E-state index is 13.2. The highest BCUT2D eigenvalue weighted by molar-refractivity contribution is 5.77. The third-order valence-corrected chi connectivity index (χ3v) is 5.75. The van der Waals surface area contributed by atoms with E-state index >= 15 is 0 Å². The number of halogens is 2. The molecular formula is C25H22F2N6O2. The lowest BCUT2D eigenvalue weighted by molar-refractivity contribution is 0.151. The zero-order valence-electron chi connectivity index (χ0n) is 18.8. The molecule has 35 heavy (non-hydrogen) atoms. The van der Waals surface area contributed by atoms with Crippen LogP contribution in [0.2, 0.25) is 0 Å². The molecule has 3 aromatic heterocycles. The van der Waals surface area contributed by atoms with Gasteiger partial charge in [-0.2, -0.15) is 4.98 Å². The van der Waals surface area contributed by atoms with Crippen molar-refractivity contribution >= 4 is 22.2 Å². The number of terminal acetylenes is 1. The van der Waals surface area contributed by atoms with Crippen LogP contribution in [0.3, 0.4) is 0 Å². The van der Waals surface area contributed by atoms with Crippen molar-refractivity contribution < 1.29 is 13.9 Å². The van der Waals surface area contributed by atoms with Crippen molar-refractivity contribution in [3.8, 4) is 18.8 Å². The van der Waals surface area contributed by atoms with Crippen LogP contribution in [0.5, 0.6) is 0 Å². The Balaban J connectivity index is 0.000000167. The quantitative estimate of drug-likeness (QED) is 0.360. The molecule has 2 N–H and O–H groups in total. The molecule has 0 aliphatic heterocycles. The number of hydrogen-bond donors (Lipinski definition) is 2. The number of nitrogens with zero attached hydrogens (tertiary/aromatic N) is 5. The number of benzene rings is 2. The van der Waals surface area contributed by atoms with Gasteiger partial charge in [-0.15, -0.1) is 12.8 Å². The van der Waals surface area contributed by atoms with Crippen molar-refractivity contribution in [2.75, 3.05) is 0 Å². The highest BCUT2D eigenvalue weighted by Crippen LogP contribution is 2.32. The zero-order valence-corrected chi connectivity index (χ0v) is 18.8. The average molecular weight is 476 g/mol. The van der Waals surface area contributed by atoms with E-state index in [0.29, 0.717) is 35.5 Å². The molecule has 0 bridgehead atoms. The number of aromatic amines is 1. The fourth-order valence-corrected chi connectivity index (χ4v) is 4.08. The van der Waals surface area contributed by atoms with Crippen LogP contribution < -0.4 is 5.69 Å². The topological polar surface area (TPSA) is 102 Å². The molecule has 1 aliphatic carbocycles. The summed E-state index contributed by atoms with van der Waals surface area (Å²) in [5.41, 5.74) is 3.66. The van der Waals surface area contributed by atoms with Crippen molar-refractivity contribution in [3.05, 3.63) is 82.2 Å². The Bertz CT molecular complexity index is 1580. The number of nitrogens with one attached hydrogen (secondary N) is 1. The van der Waals surface area contributed by atoms with E-state index in [-0.39, 0.29) is 11.3 Å². The Labute approximate surface area is 198 Å². The summed E-state index contributed by atoms with van der Waals surface area (Å²) in [6.07, 6.45) is 12.6. The first-order valence-electron chi connectivity index (χ1n) is 10.8. The first-order valence-corrected chi connectivity index (χ1v) is 10.8. The number of aliphatic hydroxyl groups excluding tert-OH is 1. The van der Waals surface area contributed by atoms with Gasteiger partial charge in [0.15, 0.2) is 5.65 Å². The molecule has 0 saturated heterocycles. The van der Waals surface area contributed by atoms with Crippen LogP contribution in [-0.4, -0.2) is 34.2 Å². The van der Waals surface area contributed by atoms with E-state index in [1.54, 1.807) is 24.1 Å². The van der Waals surface area contributed by atoms with Gasteiger partial charge in [0, 0.05) is 18.7 Å². The van der Waals surface area contributed by atoms with Crippen molar-refractivity contribution in [1.29, 1.82) is 0 Å². The lowest BCUT2D eigenvalue weighted by atomic mass is 9.89. The Morgan fingerprint density at radius 3 is 2.71 bits per heavy atom. The molecule has 3 heterocycles. The van der Waals surface area contributed by atoms with Gasteiger partial charge >= 0.3 is 5.69 Å². The third kappa shape index (κ3) is 4.54. The molecule has 1 atom stereocenters. The van der Waals surface area contributed by atoms with Crippen molar-refractivity contribution in [2.45, 2.75) is 25.4 Å². The smallest absolute Gasteiger partial charge is 0.327 e. The van der Waals surface area contributed by atoms with Crippen LogP contribution in [-0.2, 0) is 13.5 Å². The van der Waals surface area contributed by atoms with E-state index in [0.717, 1.165) is 23.5 Å². The highest BCUT2D eigenvalue weighted by atomic mass is 19.1. The minimum absolute atomic E-state index is 0.207. The molecule has 10 heteroatoms. The molecule has 0 fully saturated rings. The first-order chi connectivity index (χ1) is 16.9. The summed E-state index contributed by atoms with van der Waals surface area (Å²) in [5.74, 6) is -0.708. The number of imidazole rings is 2. The molecule has 0 amide bonds. The van der Waals surface area contributed by atoms with Gasteiger partial charge in [-0.1, -0.05) is 12.1 Å². The van der Waals surface area contributed by atoms with Gasteiger partial charge in [0.1, 0.15) is 23.5 Å². The molecule has 178 valence electrons. The Morgan fingerprint density at radius 1 is 1.14 bits per heavy atom. The summed E-state index contributed by atoms with van der Waals surface area (Å²) >= 11 is 0. The standard InChI is InChI=1S/C13H10N6O.C10H10F2O.C2H2/c1-18-10-6-14-12(16-11(10)17-13(18)20)19-7-15-8-4-2-3-5-9(8)19;11-7-4-6-2-1-3-9(13)10(6)8(12)5-7;1-2/h2-7H,1H3,(H,14,16,17,20);4-5,9,13H,1-3H2;1-2H/t;9-;/m.1./s1. The Hall–Kier alpha value is -4.36. The maximum absolute atomic E-state index is 13.2. The van der Waals surface area contributed by atoms with Crippen molar-refractivity contribution in [2.24, 2.45) is 7.05 Å². The first kappa shape index (κ1) is 23.8. The number of fused-ring (bicyclic) bond motifs is 3. The maximum Gasteiger partial charge on any atom is 0.327 e.